The molecule has 1 aliphatic carbocycles. The van der Waals surface area contributed by atoms with Gasteiger partial charge in [-0.1, -0.05) is 19.8 Å². The molecule has 0 aromatic heterocycles. The highest BCUT2D eigenvalue weighted by Crippen LogP contribution is 2.29. The minimum absolute atomic E-state index is 0.447. The molecule has 88 valence electrons. The number of hydrogen-bond donors (Lipinski definition) is 2. The van der Waals surface area contributed by atoms with E-state index in [1.807, 2.05) is 0 Å². The average Bonchev–Trinajstić information content (AvgIpc) is 2.63. The fraction of sp³-hybridized carbons (Fsp3) is 1.00. The molecule has 1 saturated carbocycles. The van der Waals surface area contributed by atoms with Crippen LogP contribution < -0.4 is 10.6 Å². The largest absolute Gasteiger partial charge is 0.313 e. The van der Waals surface area contributed by atoms with Crippen LogP contribution in [-0.2, 0) is 0 Å². The highest BCUT2D eigenvalue weighted by molar-refractivity contribution is 4.90. The first kappa shape index (κ1) is 11.4. The molecule has 0 aromatic rings. The van der Waals surface area contributed by atoms with Gasteiger partial charge in [-0.25, -0.2) is 0 Å². The van der Waals surface area contributed by atoms with E-state index in [4.69, 9.17) is 0 Å². The van der Waals surface area contributed by atoms with E-state index in [9.17, 15) is 0 Å². The first-order chi connectivity index (χ1) is 7.18. The standard InChI is InChI=1S/C13H26N2/c1-11-5-8-14-12(9-11)10-15-13(2)6-3-4-7-13/h11-12,14-15H,3-10H2,1-2H3. The van der Waals surface area contributed by atoms with Crippen molar-refractivity contribution in [2.75, 3.05) is 13.1 Å². The van der Waals surface area contributed by atoms with Crippen LogP contribution in [0.25, 0.3) is 0 Å². The van der Waals surface area contributed by atoms with Crippen LogP contribution in [0.15, 0.2) is 0 Å². The average molecular weight is 210 g/mol. The molecule has 2 atom stereocenters. The van der Waals surface area contributed by atoms with Crippen molar-refractivity contribution in [2.45, 2.75) is 64.0 Å². The van der Waals surface area contributed by atoms with E-state index in [0.717, 1.165) is 5.92 Å². The molecule has 0 amide bonds. The summed E-state index contributed by atoms with van der Waals surface area (Å²) in [7, 11) is 0. The Hall–Kier alpha value is -0.0800. The van der Waals surface area contributed by atoms with E-state index in [-0.39, 0.29) is 0 Å². The zero-order valence-corrected chi connectivity index (χ0v) is 10.3. The molecular weight excluding hydrogens is 184 g/mol. The lowest BCUT2D eigenvalue weighted by Crippen LogP contribution is -2.50. The molecule has 2 fully saturated rings. The van der Waals surface area contributed by atoms with Gasteiger partial charge < -0.3 is 10.6 Å². The van der Waals surface area contributed by atoms with Gasteiger partial charge in [-0.15, -0.1) is 0 Å². The molecule has 2 unspecified atom stereocenters. The lowest BCUT2D eigenvalue weighted by molar-refractivity contribution is 0.275. The van der Waals surface area contributed by atoms with Crippen LogP contribution in [0.4, 0.5) is 0 Å². The maximum atomic E-state index is 3.79. The van der Waals surface area contributed by atoms with E-state index < -0.39 is 0 Å². The summed E-state index contributed by atoms with van der Waals surface area (Å²) in [5.74, 6) is 0.912. The van der Waals surface area contributed by atoms with Crippen molar-refractivity contribution in [3.8, 4) is 0 Å². The maximum Gasteiger partial charge on any atom is 0.0195 e. The van der Waals surface area contributed by atoms with Gasteiger partial charge >= 0.3 is 0 Å². The molecule has 2 rings (SSSR count). The Bertz CT molecular complexity index is 197. The van der Waals surface area contributed by atoms with Gasteiger partial charge in [-0.05, 0) is 45.1 Å². The van der Waals surface area contributed by atoms with Gasteiger partial charge in [-0.2, -0.15) is 0 Å². The highest BCUT2D eigenvalue weighted by atomic mass is 15.0. The summed E-state index contributed by atoms with van der Waals surface area (Å²) in [5.41, 5.74) is 0.447. The molecule has 2 heteroatoms. The fourth-order valence-corrected chi connectivity index (χ4v) is 3.08. The lowest BCUT2D eigenvalue weighted by Gasteiger charge is -2.33. The van der Waals surface area contributed by atoms with Gasteiger partial charge in [0.2, 0.25) is 0 Å². The summed E-state index contributed by atoms with van der Waals surface area (Å²) in [5, 5.41) is 7.41. The van der Waals surface area contributed by atoms with Gasteiger partial charge in [0.05, 0.1) is 0 Å². The molecular formula is C13H26N2. The molecule has 0 aromatic carbocycles. The van der Waals surface area contributed by atoms with Crippen LogP contribution >= 0.6 is 0 Å². The Labute approximate surface area is 94.2 Å². The second-order valence-electron chi connectivity index (χ2n) is 5.93. The fourth-order valence-electron chi connectivity index (χ4n) is 3.08. The number of hydrogen-bond acceptors (Lipinski definition) is 2. The van der Waals surface area contributed by atoms with Gasteiger partial charge in [0.1, 0.15) is 0 Å². The molecule has 2 aliphatic rings. The Morgan fingerprint density at radius 3 is 2.73 bits per heavy atom. The Balaban J connectivity index is 1.72. The van der Waals surface area contributed by atoms with Crippen molar-refractivity contribution < 1.29 is 0 Å². The molecule has 15 heavy (non-hydrogen) atoms. The Morgan fingerprint density at radius 1 is 1.33 bits per heavy atom. The normalized spacial score (nSPS) is 35.6. The summed E-state index contributed by atoms with van der Waals surface area (Å²) < 4.78 is 0. The molecule has 1 heterocycles. The van der Waals surface area contributed by atoms with Crippen molar-refractivity contribution in [1.82, 2.24) is 10.6 Å². The van der Waals surface area contributed by atoms with Crippen LogP contribution in [0.2, 0.25) is 0 Å². The molecule has 2 nitrogen and oxygen atoms in total. The molecule has 1 saturated heterocycles. The summed E-state index contributed by atoms with van der Waals surface area (Å²) in [6.07, 6.45) is 8.28. The van der Waals surface area contributed by atoms with E-state index in [1.54, 1.807) is 0 Å². The number of rotatable bonds is 3. The van der Waals surface area contributed by atoms with Crippen molar-refractivity contribution in [2.24, 2.45) is 5.92 Å². The van der Waals surface area contributed by atoms with Crippen LogP contribution in [-0.4, -0.2) is 24.7 Å². The van der Waals surface area contributed by atoms with E-state index in [2.05, 4.69) is 24.5 Å². The SMILES string of the molecule is CC1CCNC(CNC2(C)CCCC2)C1. The molecule has 0 radical (unpaired) electrons. The van der Waals surface area contributed by atoms with Crippen molar-refractivity contribution in [1.29, 1.82) is 0 Å². The minimum Gasteiger partial charge on any atom is -0.313 e. The second-order valence-corrected chi connectivity index (χ2v) is 5.93. The van der Waals surface area contributed by atoms with Crippen LogP contribution in [0.5, 0.6) is 0 Å². The van der Waals surface area contributed by atoms with Crippen LogP contribution in [0, 0.1) is 5.92 Å². The van der Waals surface area contributed by atoms with Gasteiger partial charge in [0.25, 0.3) is 0 Å². The van der Waals surface area contributed by atoms with Gasteiger partial charge in [0, 0.05) is 18.1 Å². The third-order valence-corrected chi connectivity index (χ3v) is 4.24. The third-order valence-electron chi connectivity index (χ3n) is 4.24. The quantitative estimate of drug-likeness (QED) is 0.747. The topological polar surface area (TPSA) is 24.1 Å². The summed E-state index contributed by atoms with van der Waals surface area (Å²) in [4.78, 5) is 0. The lowest BCUT2D eigenvalue weighted by atomic mass is 9.93. The van der Waals surface area contributed by atoms with Crippen molar-refractivity contribution in [3.63, 3.8) is 0 Å². The monoisotopic (exact) mass is 210 g/mol. The number of nitrogens with one attached hydrogen (secondary N) is 2. The highest BCUT2D eigenvalue weighted by Gasteiger charge is 2.29. The zero-order valence-electron chi connectivity index (χ0n) is 10.3. The molecule has 1 aliphatic heterocycles. The molecule has 0 bridgehead atoms. The van der Waals surface area contributed by atoms with Crippen molar-refractivity contribution in [3.05, 3.63) is 0 Å². The van der Waals surface area contributed by atoms with Crippen LogP contribution in [0.1, 0.15) is 52.4 Å². The Kier molecular flexibility index (Phi) is 3.68. The smallest absolute Gasteiger partial charge is 0.0195 e. The summed E-state index contributed by atoms with van der Waals surface area (Å²) in [6.45, 7) is 7.16. The van der Waals surface area contributed by atoms with Crippen LogP contribution in [0.3, 0.4) is 0 Å². The Morgan fingerprint density at radius 2 is 2.07 bits per heavy atom. The summed E-state index contributed by atoms with van der Waals surface area (Å²) in [6, 6.07) is 0.714. The van der Waals surface area contributed by atoms with E-state index in [0.29, 0.717) is 11.6 Å². The predicted octanol–water partition coefficient (Wildman–Crippen LogP) is 2.30. The first-order valence-electron chi connectivity index (χ1n) is 6.66. The first-order valence-corrected chi connectivity index (χ1v) is 6.66. The maximum absolute atomic E-state index is 3.79. The third kappa shape index (κ3) is 3.18. The number of piperidine rings is 1. The predicted molar refractivity (Wildman–Crippen MR) is 65.1 cm³/mol. The van der Waals surface area contributed by atoms with Gasteiger partial charge in [0.15, 0.2) is 0 Å². The minimum atomic E-state index is 0.447. The van der Waals surface area contributed by atoms with Gasteiger partial charge in [-0.3, -0.25) is 0 Å². The zero-order chi connectivity index (χ0) is 10.7. The van der Waals surface area contributed by atoms with E-state index >= 15 is 0 Å². The second kappa shape index (κ2) is 4.84. The summed E-state index contributed by atoms with van der Waals surface area (Å²) >= 11 is 0. The van der Waals surface area contributed by atoms with E-state index in [1.165, 1.54) is 51.6 Å². The molecule has 2 N–H and O–H groups in total. The molecule has 0 spiro atoms. The van der Waals surface area contributed by atoms with Crippen molar-refractivity contribution >= 4 is 0 Å².